The van der Waals surface area contributed by atoms with Gasteiger partial charge in [0.1, 0.15) is 0 Å². The van der Waals surface area contributed by atoms with Crippen LogP contribution in [-0.4, -0.2) is 42.5 Å². The number of likely N-dealkylation sites (tertiary alicyclic amines) is 1. The molecule has 4 nitrogen and oxygen atoms in total. The summed E-state index contributed by atoms with van der Waals surface area (Å²) in [4.78, 5) is 13.9. The molecule has 1 aliphatic rings. The van der Waals surface area contributed by atoms with Gasteiger partial charge in [0, 0.05) is 6.54 Å². The lowest BCUT2D eigenvalue weighted by molar-refractivity contribution is -0.124. The van der Waals surface area contributed by atoms with Crippen molar-refractivity contribution in [2.45, 2.75) is 45.1 Å². The minimum atomic E-state index is -0.549. The number of carbonyl (C=O) groups is 1. The fourth-order valence-electron chi connectivity index (χ4n) is 2.25. The Morgan fingerprint density at radius 3 is 2.50 bits per heavy atom. The van der Waals surface area contributed by atoms with E-state index in [1.165, 1.54) is 32.4 Å². The smallest absolute Gasteiger partial charge is 0.237 e. The fraction of sp³-hybridized carbons (Fsp3) is 0.917. The standard InChI is InChI=1S/C12H25N3O/c1-3-14-12(2,11(13)16)7-10-15-8-5-4-6-9-15/h14H,3-10H2,1-2H3,(H2,13,16). The van der Waals surface area contributed by atoms with Gasteiger partial charge in [-0.05, 0) is 45.8 Å². The summed E-state index contributed by atoms with van der Waals surface area (Å²) in [6, 6.07) is 0. The molecule has 0 radical (unpaired) electrons. The Bertz CT molecular complexity index is 226. The van der Waals surface area contributed by atoms with E-state index < -0.39 is 5.54 Å². The van der Waals surface area contributed by atoms with E-state index in [0.29, 0.717) is 0 Å². The minimum absolute atomic E-state index is 0.244. The number of nitrogens with one attached hydrogen (secondary N) is 1. The molecule has 1 atom stereocenters. The number of nitrogens with zero attached hydrogens (tertiary/aromatic N) is 1. The first-order valence-electron chi connectivity index (χ1n) is 6.36. The Kier molecular flexibility index (Phi) is 5.22. The molecule has 1 unspecified atom stereocenters. The molecule has 1 heterocycles. The van der Waals surface area contributed by atoms with Crippen LogP contribution >= 0.6 is 0 Å². The van der Waals surface area contributed by atoms with Gasteiger partial charge in [-0.2, -0.15) is 0 Å². The summed E-state index contributed by atoms with van der Waals surface area (Å²) in [7, 11) is 0. The van der Waals surface area contributed by atoms with E-state index in [9.17, 15) is 4.79 Å². The molecule has 0 saturated carbocycles. The second-order valence-corrected chi connectivity index (χ2v) is 4.88. The van der Waals surface area contributed by atoms with Crippen LogP contribution in [0.5, 0.6) is 0 Å². The predicted molar refractivity (Wildman–Crippen MR) is 66.2 cm³/mol. The van der Waals surface area contributed by atoms with Crippen LogP contribution in [0.2, 0.25) is 0 Å². The second kappa shape index (κ2) is 6.21. The van der Waals surface area contributed by atoms with Crippen LogP contribution in [0.4, 0.5) is 0 Å². The normalized spacial score (nSPS) is 21.6. The zero-order valence-corrected chi connectivity index (χ0v) is 10.6. The maximum atomic E-state index is 11.4. The van der Waals surface area contributed by atoms with Gasteiger partial charge in [0.05, 0.1) is 5.54 Å². The van der Waals surface area contributed by atoms with Crippen molar-refractivity contribution in [3.8, 4) is 0 Å². The molecule has 0 aromatic rings. The number of nitrogens with two attached hydrogens (primary N) is 1. The number of piperidine rings is 1. The van der Waals surface area contributed by atoms with Gasteiger partial charge in [0.25, 0.3) is 0 Å². The van der Waals surface area contributed by atoms with Gasteiger partial charge in [-0.15, -0.1) is 0 Å². The number of hydrogen-bond acceptors (Lipinski definition) is 3. The van der Waals surface area contributed by atoms with Crippen LogP contribution < -0.4 is 11.1 Å². The molecule has 0 spiro atoms. The van der Waals surface area contributed by atoms with Gasteiger partial charge in [-0.3, -0.25) is 4.79 Å². The SMILES string of the molecule is CCNC(C)(CCN1CCCCC1)C(N)=O. The van der Waals surface area contributed by atoms with Gasteiger partial charge in [-0.1, -0.05) is 13.3 Å². The maximum Gasteiger partial charge on any atom is 0.237 e. The molecule has 0 aromatic carbocycles. The second-order valence-electron chi connectivity index (χ2n) is 4.88. The molecule has 4 heteroatoms. The van der Waals surface area contributed by atoms with Gasteiger partial charge < -0.3 is 16.0 Å². The Morgan fingerprint density at radius 1 is 1.38 bits per heavy atom. The van der Waals surface area contributed by atoms with Crippen molar-refractivity contribution in [3.63, 3.8) is 0 Å². The molecule has 94 valence electrons. The van der Waals surface area contributed by atoms with E-state index in [4.69, 9.17) is 5.73 Å². The van der Waals surface area contributed by atoms with Crippen LogP contribution in [-0.2, 0) is 4.79 Å². The lowest BCUT2D eigenvalue weighted by Crippen LogP contribution is -2.54. The van der Waals surface area contributed by atoms with E-state index in [2.05, 4.69) is 10.2 Å². The predicted octanol–water partition coefficient (Wildman–Crippen LogP) is 0.716. The Hall–Kier alpha value is -0.610. The molecule has 0 bridgehead atoms. The molecule has 1 rings (SSSR count). The third-order valence-corrected chi connectivity index (χ3v) is 3.49. The van der Waals surface area contributed by atoms with Gasteiger partial charge in [-0.25, -0.2) is 0 Å². The number of hydrogen-bond donors (Lipinski definition) is 2. The highest BCUT2D eigenvalue weighted by Crippen LogP contribution is 2.14. The summed E-state index contributed by atoms with van der Waals surface area (Å²) in [5, 5.41) is 3.20. The molecular formula is C12H25N3O. The van der Waals surface area contributed by atoms with Gasteiger partial charge >= 0.3 is 0 Å². The van der Waals surface area contributed by atoms with Crippen molar-refractivity contribution in [2.24, 2.45) is 5.73 Å². The average Bonchev–Trinajstić information content (AvgIpc) is 2.28. The zero-order chi connectivity index (χ0) is 12.0. The number of likely N-dealkylation sites (N-methyl/N-ethyl adjacent to an activating group) is 1. The summed E-state index contributed by atoms with van der Waals surface area (Å²) < 4.78 is 0. The van der Waals surface area contributed by atoms with Crippen LogP contribution in [0.3, 0.4) is 0 Å². The molecule has 1 fully saturated rings. The number of primary amides is 1. The van der Waals surface area contributed by atoms with Crippen molar-refractivity contribution in [3.05, 3.63) is 0 Å². The molecule has 1 saturated heterocycles. The molecule has 0 aromatic heterocycles. The van der Waals surface area contributed by atoms with Crippen molar-refractivity contribution < 1.29 is 4.79 Å². The third-order valence-electron chi connectivity index (χ3n) is 3.49. The lowest BCUT2D eigenvalue weighted by Gasteiger charge is -2.32. The van der Waals surface area contributed by atoms with E-state index in [1.807, 2.05) is 13.8 Å². The first-order valence-corrected chi connectivity index (χ1v) is 6.36. The largest absolute Gasteiger partial charge is 0.368 e. The monoisotopic (exact) mass is 227 g/mol. The van der Waals surface area contributed by atoms with Crippen LogP contribution in [0.25, 0.3) is 0 Å². The van der Waals surface area contributed by atoms with Gasteiger partial charge in [0.2, 0.25) is 5.91 Å². The Labute approximate surface area is 98.6 Å². The van der Waals surface area contributed by atoms with E-state index in [-0.39, 0.29) is 5.91 Å². The topological polar surface area (TPSA) is 58.4 Å². The van der Waals surface area contributed by atoms with E-state index >= 15 is 0 Å². The highest BCUT2D eigenvalue weighted by atomic mass is 16.1. The quantitative estimate of drug-likeness (QED) is 0.703. The van der Waals surface area contributed by atoms with E-state index in [1.54, 1.807) is 0 Å². The lowest BCUT2D eigenvalue weighted by atomic mass is 9.96. The summed E-state index contributed by atoms with van der Waals surface area (Å²) in [5.74, 6) is -0.244. The maximum absolute atomic E-state index is 11.4. The molecule has 0 aliphatic carbocycles. The summed E-state index contributed by atoms with van der Waals surface area (Å²) in [6.07, 6.45) is 4.72. The molecular weight excluding hydrogens is 202 g/mol. The Balaban J connectivity index is 2.39. The minimum Gasteiger partial charge on any atom is -0.368 e. The highest BCUT2D eigenvalue weighted by Gasteiger charge is 2.30. The summed E-state index contributed by atoms with van der Waals surface area (Å²) in [5.41, 5.74) is 4.90. The molecule has 1 amide bonds. The first kappa shape index (κ1) is 13.5. The van der Waals surface area contributed by atoms with Crippen molar-refractivity contribution in [2.75, 3.05) is 26.2 Å². The highest BCUT2D eigenvalue weighted by molar-refractivity contribution is 5.84. The van der Waals surface area contributed by atoms with Crippen molar-refractivity contribution in [1.82, 2.24) is 10.2 Å². The van der Waals surface area contributed by atoms with Crippen molar-refractivity contribution >= 4 is 5.91 Å². The first-order chi connectivity index (χ1) is 7.58. The van der Waals surface area contributed by atoms with Gasteiger partial charge in [0.15, 0.2) is 0 Å². The third kappa shape index (κ3) is 3.76. The molecule has 3 N–H and O–H groups in total. The van der Waals surface area contributed by atoms with Crippen LogP contribution in [0.1, 0.15) is 39.5 Å². The number of carbonyl (C=O) groups excluding carboxylic acids is 1. The summed E-state index contributed by atoms with van der Waals surface area (Å²) in [6.45, 7) is 7.98. The number of amides is 1. The summed E-state index contributed by atoms with van der Waals surface area (Å²) >= 11 is 0. The fourth-order valence-corrected chi connectivity index (χ4v) is 2.25. The molecule has 16 heavy (non-hydrogen) atoms. The van der Waals surface area contributed by atoms with E-state index in [0.717, 1.165) is 19.5 Å². The Morgan fingerprint density at radius 2 is 2.00 bits per heavy atom. The zero-order valence-electron chi connectivity index (χ0n) is 10.6. The molecule has 1 aliphatic heterocycles. The van der Waals surface area contributed by atoms with Crippen LogP contribution in [0.15, 0.2) is 0 Å². The van der Waals surface area contributed by atoms with Crippen molar-refractivity contribution in [1.29, 1.82) is 0 Å². The number of rotatable bonds is 6. The average molecular weight is 227 g/mol. The van der Waals surface area contributed by atoms with Crippen LogP contribution in [0, 0.1) is 0 Å².